The van der Waals surface area contributed by atoms with Gasteiger partial charge < -0.3 is 19.5 Å². The van der Waals surface area contributed by atoms with Gasteiger partial charge in [-0.05, 0) is 0 Å². The average Bonchev–Trinajstić information content (AvgIpc) is 1.53. The molecule has 0 bridgehead atoms. The minimum absolute atomic E-state index is 0. The van der Waals surface area contributed by atoms with E-state index >= 15 is 0 Å². The van der Waals surface area contributed by atoms with E-state index in [1.54, 1.807) is 0 Å². The Morgan fingerprint density at radius 3 is 2.17 bits per heavy atom. The van der Waals surface area contributed by atoms with Gasteiger partial charge in [-0.2, -0.15) is 0 Å². The molecule has 0 aliphatic heterocycles. The largest absolute Gasteiger partial charge is 0.550 e. The number of carbonyl (C=O) groups excluding carboxylic acids is 1. The Morgan fingerprint density at radius 2 is 1.92 bits per heavy atom. The van der Waals surface area contributed by atoms with Crippen LogP contribution in [0.2, 0.25) is 0 Å². The number of hydrogen-bond acceptors (Lipinski definition) is 3. The maximum Gasteiger partial charge on any atom is 0.108 e. The van der Waals surface area contributed by atoms with Crippen molar-refractivity contribution in [2.75, 3.05) is 27.7 Å². The molecule has 0 aromatic carbocycles. The van der Waals surface area contributed by atoms with Gasteiger partial charge in [0.2, 0.25) is 0 Å². The molecule has 4 nitrogen and oxygen atoms in total. The van der Waals surface area contributed by atoms with Gasteiger partial charge in [-0.15, -0.1) is 0 Å². The second-order valence-electron chi connectivity index (χ2n) is 3.70. The molecule has 0 rings (SSSR count). The van der Waals surface area contributed by atoms with Gasteiger partial charge in [0.1, 0.15) is 12.6 Å². The Morgan fingerprint density at radius 1 is 1.50 bits per heavy atom. The van der Waals surface area contributed by atoms with Crippen molar-refractivity contribution < 1.29 is 19.5 Å². The molecule has 0 amide bonds. The molecule has 1 unspecified atom stereocenters. The van der Waals surface area contributed by atoms with E-state index in [-0.39, 0.29) is 44.2 Å². The first-order valence-corrected chi connectivity index (χ1v) is 3.49. The summed E-state index contributed by atoms with van der Waals surface area (Å²) >= 11 is 0. The van der Waals surface area contributed by atoms with Crippen LogP contribution in [0.15, 0.2) is 0 Å². The monoisotopic (exact) mass is 201 g/mol. The fourth-order valence-electron chi connectivity index (χ4n) is 0.889. The van der Waals surface area contributed by atoms with Crippen LogP contribution in [0.4, 0.5) is 0 Å². The molecular weight excluding hydrogens is 186 g/mol. The van der Waals surface area contributed by atoms with E-state index in [9.17, 15) is 9.90 Å². The van der Waals surface area contributed by atoms with E-state index in [1.807, 2.05) is 21.1 Å². The summed E-state index contributed by atoms with van der Waals surface area (Å²) in [5.41, 5.74) is 0. The van der Waals surface area contributed by atoms with Crippen molar-refractivity contribution in [3.05, 3.63) is 0 Å². The molecular formula is C7H15CaNO3. The molecule has 1 atom stereocenters. The van der Waals surface area contributed by atoms with Crippen LogP contribution in [-0.4, -0.2) is 87.1 Å². The number of carboxylic acids is 1. The zero-order valence-corrected chi connectivity index (χ0v) is 10.1. The Balaban J connectivity index is 0. The SMILES string of the molecule is C[N+](C)(C)CC(O)CC(=O)[O-].[Ca]. The van der Waals surface area contributed by atoms with Crippen molar-refractivity contribution in [2.45, 2.75) is 12.5 Å². The van der Waals surface area contributed by atoms with Gasteiger partial charge in [0.25, 0.3) is 0 Å². The maximum atomic E-state index is 10.0. The number of aliphatic hydroxyl groups excluding tert-OH is 1. The Hall–Kier alpha value is 0.650. The minimum atomic E-state index is -1.20. The predicted molar refractivity (Wildman–Crippen MR) is 44.3 cm³/mol. The van der Waals surface area contributed by atoms with Crippen LogP contribution in [0.5, 0.6) is 0 Å². The number of aliphatic carboxylic acids is 1. The Kier molecular flexibility index (Phi) is 7.77. The van der Waals surface area contributed by atoms with Crippen molar-refractivity contribution in [1.82, 2.24) is 0 Å². The molecule has 0 saturated heterocycles. The summed E-state index contributed by atoms with van der Waals surface area (Å²) in [5, 5.41) is 19.1. The summed E-state index contributed by atoms with van der Waals surface area (Å²) in [6.07, 6.45) is -1.09. The zero-order valence-electron chi connectivity index (χ0n) is 7.91. The van der Waals surface area contributed by atoms with Crippen LogP contribution in [0.3, 0.4) is 0 Å². The molecule has 0 saturated carbocycles. The summed E-state index contributed by atoms with van der Waals surface area (Å²) < 4.78 is 0.550. The molecule has 12 heavy (non-hydrogen) atoms. The Labute approximate surface area is 103 Å². The number of carboxylic acid groups (broad SMARTS) is 1. The number of quaternary nitrogens is 1. The van der Waals surface area contributed by atoms with Gasteiger partial charge in [0.15, 0.2) is 0 Å². The van der Waals surface area contributed by atoms with E-state index in [2.05, 4.69) is 0 Å². The molecule has 0 spiro atoms. The molecule has 0 aliphatic rings. The van der Waals surface area contributed by atoms with Gasteiger partial charge in [-0.25, -0.2) is 0 Å². The molecule has 1 N–H and O–H groups in total. The van der Waals surface area contributed by atoms with Crippen molar-refractivity contribution in [3.8, 4) is 0 Å². The molecule has 2 radical (unpaired) electrons. The number of carbonyl (C=O) groups is 1. The fourth-order valence-corrected chi connectivity index (χ4v) is 0.889. The molecule has 0 fully saturated rings. The average molecular weight is 201 g/mol. The summed E-state index contributed by atoms with van der Waals surface area (Å²) in [5.74, 6) is -1.20. The molecule has 68 valence electrons. The number of hydrogen-bond donors (Lipinski definition) is 1. The van der Waals surface area contributed by atoms with Crippen LogP contribution >= 0.6 is 0 Å². The normalized spacial score (nSPS) is 13.3. The molecule has 0 aliphatic carbocycles. The van der Waals surface area contributed by atoms with Gasteiger partial charge >= 0.3 is 0 Å². The van der Waals surface area contributed by atoms with E-state index in [0.29, 0.717) is 11.0 Å². The maximum absolute atomic E-state index is 10.0. The summed E-state index contributed by atoms with van der Waals surface area (Å²) in [6.45, 7) is 0.425. The second kappa shape index (κ2) is 6.16. The standard InChI is InChI=1S/C7H15NO3.Ca/c1-8(2,3)5-6(9)4-7(10)11;/h6,9H,4-5H2,1-3H3;. The van der Waals surface area contributed by atoms with Gasteiger partial charge in [0, 0.05) is 50.1 Å². The third-order valence-corrected chi connectivity index (χ3v) is 1.16. The molecule has 0 heterocycles. The van der Waals surface area contributed by atoms with Crippen LogP contribution in [-0.2, 0) is 4.79 Å². The van der Waals surface area contributed by atoms with Crippen LogP contribution in [0, 0.1) is 0 Å². The smallest absolute Gasteiger partial charge is 0.108 e. The van der Waals surface area contributed by atoms with E-state index in [4.69, 9.17) is 5.11 Å². The first-order chi connectivity index (χ1) is 4.81. The number of nitrogens with zero attached hydrogens (tertiary/aromatic N) is 1. The molecule has 0 aromatic rings. The van der Waals surface area contributed by atoms with E-state index in [0.717, 1.165) is 0 Å². The number of rotatable bonds is 4. The quantitative estimate of drug-likeness (QED) is 0.415. The van der Waals surface area contributed by atoms with Crippen molar-refractivity contribution >= 4 is 43.7 Å². The molecule has 5 heteroatoms. The van der Waals surface area contributed by atoms with Gasteiger partial charge in [-0.3, -0.25) is 0 Å². The third-order valence-electron chi connectivity index (χ3n) is 1.16. The first-order valence-electron chi connectivity index (χ1n) is 3.49. The van der Waals surface area contributed by atoms with Gasteiger partial charge in [-0.1, -0.05) is 0 Å². The van der Waals surface area contributed by atoms with Crippen molar-refractivity contribution in [2.24, 2.45) is 0 Å². The van der Waals surface area contributed by atoms with E-state index in [1.165, 1.54) is 0 Å². The van der Waals surface area contributed by atoms with Crippen molar-refractivity contribution in [3.63, 3.8) is 0 Å². The predicted octanol–water partition coefficient (Wildman–Crippen LogP) is -2.19. The third kappa shape index (κ3) is 10.6. The second-order valence-corrected chi connectivity index (χ2v) is 3.70. The number of aliphatic hydroxyl groups is 1. The fraction of sp³-hybridized carbons (Fsp3) is 0.857. The van der Waals surface area contributed by atoms with E-state index < -0.39 is 12.1 Å². The summed E-state index contributed by atoms with van der Waals surface area (Å²) in [7, 11) is 5.66. The Bertz CT molecular complexity index is 144. The van der Waals surface area contributed by atoms with Crippen LogP contribution < -0.4 is 5.11 Å². The van der Waals surface area contributed by atoms with Crippen LogP contribution in [0.25, 0.3) is 0 Å². The zero-order chi connectivity index (χ0) is 9.07. The van der Waals surface area contributed by atoms with Crippen molar-refractivity contribution in [1.29, 1.82) is 0 Å². The minimum Gasteiger partial charge on any atom is -0.550 e. The number of likely N-dealkylation sites (N-methyl/N-ethyl adjacent to an activating group) is 1. The summed E-state index contributed by atoms with van der Waals surface area (Å²) in [4.78, 5) is 10.0. The topological polar surface area (TPSA) is 60.4 Å². The van der Waals surface area contributed by atoms with Gasteiger partial charge in [0.05, 0.1) is 21.1 Å². The summed E-state index contributed by atoms with van der Waals surface area (Å²) in [6, 6.07) is 0. The van der Waals surface area contributed by atoms with Crippen LogP contribution in [0.1, 0.15) is 6.42 Å². The first kappa shape index (κ1) is 15.1. The molecule has 0 aromatic heterocycles.